The van der Waals surface area contributed by atoms with Gasteiger partial charge in [0, 0.05) is 13.0 Å². The maximum Gasteiger partial charge on any atom is 0.109 e. The number of aromatic nitrogens is 2. The van der Waals surface area contributed by atoms with Gasteiger partial charge in [-0.25, -0.2) is 4.98 Å². The Morgan fingerprint density at radius 1 is 1.28 bits per heavy atom. The van der Waals surface area contributed by atoms with Crippen LogP contribution in [0, 0.1) is 0 Å². The average Bonchev–Trinajstić information content (AvgIpc) is 2.65. The Bertz CT molecular complexity index is 549. The number of fused-ring (bicyclic) bond motifs is 1. The van der Waals surface area contributed by atoms with Crippen LogP contribution in [-0.4, -0.2) is 16.1 Å². The molecule has 18 heavy (non-hydrogen) atoms. The van der Waals surface area contributed by atoms with Gasteiger partial charge in [0.25, 0.3) is 0 Å². The summed E-state index contributed by atoms with van der Waals surface area (Å²) in [4.78, 5) is 4.64. The molecule has 0 saturated carbocycles. The van der Waals surface area contributed by atoms with E-state index < -0.39 is 0 Å². The predicted octanol–water partition coefficient (Wildman–Crippen LogP) is 3.64. The summed E-state index contributed by atoms with van der Waals surface area (Å²) in [5, 5.41) is 1.12. The largest absolute Gasteiger partial charge is 0.330 e. The van der Waals surface area contributed by atoms with Gasteiger partial charge in [0.15, 0.2) is 0 Å². The van der Waals surface area contributed by atoms with Crippen molar-refractivity contribution in [2.45, 2.75) is 32.7 Å². The monoisotopic (exact) mass is 285 g/mol. The van der Waals surface area contributed by atoms with Crippen LogP contribution in [0.5, 0.6) is 0 Å². The molecule has 0 radical (unpaired) electrons. The van der Waals surface area contributed by atoms with E-state index in [0.717, 1.165) is 42.7 Å². The zero-order chi connectivity index (χ0) is 13.1. The second kappa shape index (κ2) is 5.91. The van der Waals surface area contributed by atoms with Gasteiger partial charge in [0.05, 0.1) is 21.1 Å². The number of benzene rings is 1. The number of hydrogen-bond donors (Lipinski definition) is 1. The molecule has 0 unspecified atom stereocenters. The molecule has 5 heteroatoms. The lowest BCUT2D eigenvalue weighted by Gasteiger charge is -2.08. The molecular formula is C13H17Cl2N3. The zero-order valence-electron chi connectivity index (χ0n) is 10.4. The zero-order valence-corrected chi connectivity index (χ0v) is 11.9. The van der Waals surface area contributed by atoms with Gasteiger partial charge in [-0.05, 0) is 31.5 Å². The van der Waals surface area contributed by atoms with Crippen LogP contribution in [0.4, 0.5) is 0 Å². The third kappa shape index (κ3) is 2.63. The third-order valence-corrected chi connectivity index (χ3v) is 3.65. The Hall–Kier alpha value is -0.770. The lowest BCUT2D eigenvalue weighted by molar-refractivity contribution is 0.626. The number of halogens is 2. The second-order valence-electron chi connectivity index (χ2n) is 4.33. The summed E-state index contributed by atoms with van der Waals surface area (Å²) in [6.07, 6.45) is 2.95. The van der Waals surface area contributed by atoms with Gasteiger partial charge in [-0.2, -0.15) is 0 Å². The van der Waals surface area contributed by atoms with E-state index in [1.165, 1.54) is 0 Å². The summed E-state index contributed by atoms with van der Waals surface area (Å²) in [5.74, 6) is 1.08. The van der Waals surface area contributed by atoms with Gasteiger partial charge >= 0.3 is 0 Å². The topological polar surface area (TPSA) is 43.8 Å². The molecule has 0 saturated heterocycles. The van der Waals surface area contributed by atoms with E-state index in [9.17, 15) is 0 Å². The van der Waals surface area contributed by atoms with Gasteiger partial charge in [-0.3, -0.25) is 0 Å². The lowest BCUT2D eigenvalue weighted by Crippen LogP contribution is -2.08. The third-order valence-electron chi connectivity index (χ3n) is 2.93. The lowest BCUT2D eigenvalue weighted by atomic mass is 10.3. The highest BCUT2D eigenvalue weighted by atomic mass is 35.5. The standard InChI is InChI=1S/C13H17Cl2N3/c1-2-4-13-17-11-7-9(14)10(15)8-12(11)18(13)6-3-5-16/h7-8H,2-6,16H2,1H3. The van der Waals surface area contributed by atoms with E-state index in [1.807, 2.05) is 12.1 Å². The van der Waals surface area contributed by atoms with Gasteiger partial charge in [0.1, 0.15) is 5.82 Å². The molecule has 0 aliphatic carbocycles. The summed E-state index contributed by atoms with van der Waals surface area (Å²) >= 11 is 12.1. The summed E-state index contributed by atoms with van der Waals surface area (Å²) in [7, 11) is 0. The van der Waals surface area contributed by atoms with Crippen molar-refractivity contribution in [1.29, 1.82) is 0 Å². The van der Waals surface area contributed by atoms with Gasteiger partial charge in [-0.1, -0.05) is 30.1 Å². The SMILES string of the molecule is CCCc1nc2cc(Cl)c(Cl)cc2n1CCCN. The molecule has 0 amide bonds. The minimum Gasteiger partial charge on any atom is -0.330 e. The maximum atomic E-state index is 6.08. The first-order valence-corrected chi connectivity index (χ1v) is 6.97. The quantitative estimate of drug-likeness (QED) is 0.911. The Balaban J connectivity index is 2.53. The molecule has 98 valence electrons. The molecular weight excluding hydrogens is 269 g/mol. The molecule has 0 aliphatic heterocycles. The van der Waals surface area contributed by atoms with E-state index in [1.54, 1.807) is 0 Å². The minimum absolute atomic E-state index is 0.552. The Labute approximate surface area is 117 Å². The van der Waals surface area contributed by atoms with Crippen LogP contribution in [-0.2, 0) is 13.0 Å². The summed E-state index contributed by atoms with van der Waals surface area (Å²) in [6, 6.07) is 3.72. The van der Waals surface area contributed by atoms with Crippen LogP contribution in [0.1, 0.15) is 25.6 Å². The first-order chi connectivity index (χ1) is 8.67. The highest BCUT2D eigenvalue weighted by Crippen LogP contribution is 2.28. The molecule has 0 atom stereocenters. The molecule has 3 nitrogen and oxygen atoms in total. The molecule has 0 aliphatic rings. The average molecular weight is 286 g/mol. The molecule has 1 aromatic heterocycles. The van der Waals surface area contributed by atoms with Crippen molar-refractivity contribution in [3.63, 3.8) is 0 Å². The molecule has 1 aromatic carbocycles. The smallest absolute Gasteiger partial charge is 0.109 e. The van der Waals surface area contributed by atoms with Gasteiger partial charge in [0.2, 0.25) is 0 Å². The highest BCUT2D eigenvalue weighted by Gasteiger charge is 2.12. The highest BCUT2D eigenvalue weighted by molar-refractivity contribution is 6.42. The van der Waals surface area contributed by atoms with Crippen LogP contribution in [0.3, 0.4) is 0 Å². The fraction of sp³-hybridized carbons (Fsp3) is 0.462. The predicted molar refractivity (Wildman–Crippen MR) is 77.4 cm³/mol. The Morgan fingerprint density at radius 2 is 2.00 bits per heavy atom. The summed E-state index contributed by atoms with van der Waals surface area (Å²) < 4.78 is 2.20. The van der Waals surface area contributed by atoms with Crippen molar-refractivity contribution in [3.05, 3.63) is 28.0 Å². The number of rotatable bonds is 5. The number of aryl methyl sites for hydroxylation is 2. The van der Waals surface area contributed by atoms with E-state index >= 15 is 0 Å². The van der Waals surface area contributed by atoms with Gasteiger partial charge in [-0.15, -0.1) is 0 Å². The second-order valence-corrected chi connectivity index (χ2v) is 5.14. The fourth-order valence-corrected chi connectivity index (χ4v) is 2.40. The van der Waals surface area contributed by atoms with Crippen molar-refractivity contribution >= 4 is 34.2 Å². The molecule has 2 aromatic rings. The van der Waals surface area contributed by atoms with Crippen molar-refractivity contribution < 1.29 is 0 Å². The van der Waals surface area contributed by atoms with Gasteiger partial charge < -0.3 is 10.3 Å². The molecule has 2 N–H and O–H groups in total. The maximum absolute atomic E-state index is 6.08. The van der Waals surface area contributed by atoms with E-state index in [-0.39, 0.29) is 0 Å². The molecule has 1 heterocycles. The molecule has 0 spiro atoms. The number of nitrogens with zero attached hydrogens (tertiary/aromatic N) is 2. The summed E-state index contributed by atoms with van der Waals surface area (Å²) in [6.45, 7) is 3.69. The van der Waals surface area contributed by atoms with Crippen LogP contribution in [0.25, 0.3) is 11.0 Å². The van der Waals surface area contributed by atoms with E-state index in [0.29, 0.717) is 16.6 Å². The molecule has 2 rings (SSSR count). The van der Waals surface area contributed by atoms with Crippen molar-refractivity contribution in [1.82, 2.24) is 9.55 Å². The van der Waals surface area contributed by atoms with Crippen LogP contribution >= 0.6 is 23.2 Å². The minimum atomic E-state index is 0.552. The van der Waals surface area contributed by atoms with Crippen molar-refractivity contribution in [2.75, 3.05) is 6.54 Å². The van der Waals surface area contributed by atoms with Crippen LogP contribution in [0.15, 0.2) is 12.1 Å². The number of imidazole rings is 1. The first-order valence-electron chi connectivity index (χ1n) is 6.21. The normalized spacial score (nSPS) is 11.3. The summed E-state index contributed by atoms with van der Waals surface area (Å²) in [5.41, 5.74) is 7.54. The number of nitrogens with two attached hydrogens (primary N) is 1. The number of hydrogen-bond acceptors (Lipinski definition) is 2. The fourth-order valence-electron chi connectivity index (χ4n) is 2.08. The van der Waals surface area contributed by atoms with E-state index in [2.05, 4.69) is 16.5 Å². The van der Waals surface area contributed by atoms with Crippen LogP contribution < -0.4 is 5.73 Å². The van der Waals surface area contributed by atoms with E-state index in [4.69, 9.17) is 28.9 Å². The Kier molecular flexibility index (Phi) is 4.49. The molecule has 0 fully saturated rings. The van der Waals surface area contributed by atoms with Crippen molar-refractivity contribution in [3.8, 4) is 0 Å². The van der Waals surface area contributed by atoms with Crippen molar-refractivity contribution in [2.24, 2.45) is 5.73 Å². The molecule has 0 bridgehead atoms. The van der Waals surface area contributed by atoms with Crippen LogP contribution in [0.2, 0.25) is 10.0 Å². The Morgan fingerprint density at radius 3 is 2.67 bits per heavy atom. The first kappa shape index (κ1) is 13.7.